The first-order valence-electron chi connectivity index (χ1n) is 7.41. The predicted octanol–water partition coefficient (Wildman–Crippen LogP) is 4.43. The Bertz CT molecular complexity index is 838. The topological polar surface area (TPSA) is 72.4 Å². The maximum Gasteiger partial charge on any atom is 0.245 e. The molecule has 8 heteroatoms. The summed E-state index contributed by atoms with van der Waals surface area (Å²) in [5.74, 6) is 1.85. The standard InChI is InChI=1S/C17H14BrClN4O2/c18-13-1-4-15(5-2-13)24-7-8-25-16-6-3-14(19)9-12(16)10-20-17-21-11-22-23-17/h1-6,9-11H,7-8H2,(H,21,22,23). The Labute approximate surface area is 158 Å². The maximum atomic E-state index is 6.05. The van der Waals surface area contributed by atoms with Crippen LogP contribution in [0.4, 0.5) is 5.95 Å². The molecule has 1 aromatic heterocycles. The van der Waals surface area contributed by atoms with Gasteiger partial charge in [-0.1, -0.05) is 27.5 Å². The van der Waals surface area contributed by atoms with E-state index >= 15 is 0 Å². The van der Waals surface area contributed by atoms with Crippen molar-refractivity contribution in [1.29, 1.82) is 0 Å². The van der Waals surface area contributed by atoms with Gasteiger partial charge in [-0.2, -0.15) is 10.1 Å². The van der Waals surface area contributed by atoms with E-state index in [1.165, 1.54) is 6.33 Å². The molecule has 0 aliphatic heterocycles. The minimum absolute atomic E-state index is 0.390. The summed E-state index contributed by atoms with van der Waals surface area (Å²) in [5, 5.41) is 7.00. The van der Waals surface area contributed by atoms with Crippen LogP contribution in [0, 0.1) is 0 Å². The van der Waals surface area contributed by atoms with Gasteiger partial charge in [0.15, 0.2) is 0 Å². The van der Waals surface area contributed by atoms with Crippen LogP contribution in [0.5, 0.6) is 11.5 Å². The Balaban J connectivity index is 1.59. The highest BCUT2D eigenvalue weighted by atomic mass is 79.9. The van der Waals surface area contributed by atoms with E-state index in [4.69, 9.17) is 21.1 Å². The van der Waals surface area contributed by atoms with Crippen LogP contribution < -0.4 is 9.47 Å². The van der Waals surface area contributed by atoms with Crippen molar-refractivity contribution < 1.29 is 9.47 Å². The fourth-order valence-electron chi connectivity index (χ4n) is 1.99. The zero-order valence-corrected chi connectivity index (χ0v) is 15.4. The Kier molecular flexibility index (Phi) is 6.03. The minimum Gasteiger partial charge on any atom is -0.490 e. The second-order valence-electron chi connectivity index (χ2n) is 4.90. The molecule has 1 heterocycles. The quantitative estimate of drug-likeness (QED) is 0.452. The molecule has 128 valence electrons. The van der Waals surface area contributed by atoms with Crippen LogP contribution in [0.15, 0.2) is 58.3 Å². The number of nitrogens with zero attached hydrogens (tertiary/aromatic N) is 3. The van der Waals surface area contributed by atoms with Crippen LogP contribution >= 0.6 is 27.5 Å². The molecule has 0 radical (unpaired) electrons. The minimum atomic E-state index is 0.390. The van der Waals surface area contributed by atoms with Crippen LogP contribution in [-0.2, 0) is 0 Å². The molecule has 0 unspecified atom stereocenters. The van der Waals surface area contributed by atoms with Gasteiger partial charge in [0, 0.05) is 21.3 Å². The van der Waals surface area contributed by atoms with Gasteiger partial charge in [0.25, 0.3) is 0 Å². The van der Waals surface area contributed by atoms with Crippen molar-refractivity contribution >= 4 is 39.7 Å². The molecule has 0 atom stereocenters. The highest BCUT2D eigenvalue weighted by Crippen LogP contribution is 2.22. The van der Waals surface area contributed by atoms with E-state index in [2.05, 4.69) is 36.1 Å². The van der Waals surface area contributed by atoms with E-state index in [1.807, 2.05) is 24.3 Å². The lowest BCUT2D eigenvalue weighted by atomic mass is 10.2. The predicted molar refractivity (Wildman–Crippen MR) is 100 cm³/mol. The number of aliphatic imine (C=N–C) groups is 1. The summed E-state index contributed by atoms with van der Waals surface area (Å²) in [6.07, 6.45) is 3.01. The lowest BCUT2D eigenvalue weighted by Crippen LogP contribution is -2.10. The summed E-state index contributed by atoms with van der Waals surface area (Å²) in [4.78, 5) is 8.13. The first-order chi connectivity index (χ1) is 12.2. The molecule has 1 N–H and O–H groups in total. The largest absolute Gasteiger partial charge is 0.490 e. The summed E-state index contributed by atoms with van der Waals surface area (Å²) in [5.41, 5.74) is 0.743. The number of ether oxygens (including phenoxy) is 2. The van der Waals surface area contributed by atoms with Gasteiger partial charge >= 0.3 is 0 Å². The number of aromatic nitrogens is 3. The second-order valence-corrected chi connectivity index (χ2v) is 6.25. The molecule has 3 rings (SSSR count). The number of hydrogen-bond acceptors (Lipinski definition) is 5. The van der Waals surface area contributed by atoms with Crippen molar-refractivity contribution in [3.63, 3.8) is 0 Å². The van der Waals surface area contributed by atoms with E-state index < -0.39 is 0 Å². The number of nitrogens with one attached hydrogen (secondary N) is 1. The van der Waals surface area contributed by atoms with Gasteiger partial charge in [-0.15, -0.1) is 0 Å². The van der Waals surface area contributed by atoms with Crippen molar-refractivity contribution in [2.24, 2.45) is 4.99 Å². The molecule has 25 heavy (non-hydrogen) atoms. The molecule has 0 amide bonds. The average molecular weight is 422 g/mol. The van der Waals surface area contributed by atoms with Crippen LogP contribution in [0.1, 0.15) is 5.56 Å². The Hall–Kier alpha value is -2.38. The van der Waals surface area contributed by atoms with Crippen molar-refractivity contribution in [1.82, 2.24) is 15.2 Å². The first kappa shape index (κ1) is 17.4. The van der Waals surface area contributed by atoms with Gasteiger partial charge in [0.1, 0.15) is 31.0 Å². The molecule has 6 nitrogen and oxygen atoms in total. The van der Waals surface area contributed by atoms with Gasteiger partial charge in [-0.05, 0) is 42.5 Å². The normalized spacial score (nSPS) is 11.0. The van der Waals surface area contributed by atoms with Crippen molar-refractivity contribution in [3.05, 3.63) is 63.9 Å². The Morgan fingerprint density at radius 2 is 1.92 bits per heavy atom. The maximum absolute atomic E-state index is 6.05. The zero-order valence-electron chi connectivity index (χ0n) is 13.0. The Morgan fingerprint density at radius 1 is 1.12 bits per heavy atom. The fraction of sp³-hybridized carbons (Fsp3) is 0.118. The average Bonchev–Trinajstić information content (AvgIpc) is 3.13. The van der Waals surface area contributed by atoms with Crippen LogP contribution in [0.2, 0.25) is 5.02 Å². The van der Waals surface area contributed by atoms with E-state index in [9.17, 15) is 0 Å². The molecule has 0 aliphatic rings. The molecule has 0 saturated heterocycles. The van der Waals surface area contributed by atoms with E-state index in [-0.39, 0.29) is 0 Å². The van der Waals surface area contributed by atoms with Crippen molar-refractivity contribution in [2.45, 2.75) is 0 Å². The molecular weight excluding hydrogens is 408 g/mol. The number of aromatic amines is 1. The summed E-state index contributed by atoms with van der Waals surface area (Å²) < 4.78 is 12.4. The van der Waals surface area contributed by atoms with Gasteiger partial charge in [-0.25, -0.2) is 10.1 Å². The highest BCUT2D eigenvalue weighted by molar-refractivity contribution is 9.10. The summed E-state index contributed by atoms with van der Waals surface area (Å²) in [6.45, 7) is 0.809. The van der Waals surface area contributed by atoms with Crippen LogP contribution in [0.3, 0.4) is 0 Å². The zero-order chi connectivity index (χ0) is 17.5. The SMILES string of the molecule is Clc1ccc(OCCOc2ccc(Br)cc2)c(C=Nc2ncn[nH]2)c1. The van der Waals surface area contributed by atoms with Crippen molar-refractivity contribution in [3.8, 4) is 11.5 Å². The van der Waals surface area contributed by atoms with Gasteiger partial charge in [0.05, 0.1) is 0 Å². The molecular formula is C17H14BrClN4O2. The van der Waals surface area contributed by atoms with Gasteiger partial charge in [0.2, 0.25) is 5.95 Å². The molecule has 0 bridgehead atoms. The van der Waals surface area contributed by atoms with E-state index in [0.29, 0.717) is 29.9 Å². The molecule has 3 aromatic rings. The first-order valence-corrected chi connectivity index (χ1v) is 8.58. The third-order valence-electron chi connectivity index (χ3n) is 3.12. The molecule has 0 fully saturated rings. The van der Waals surface area contributed by atoms with Gasteiger partial charge < -0.3 is 9.47 Å². The summed E-state index contributed by atoms with van der Waals surface area (Å²) in [7, 11) is 0. The Morgan fingerprint density at radius 3 is 2.68 bits per heavy atom. The van der Waals surface area contributed by atoms with Crippen LogP contribution in [0.25, 0.3) is 0 Å². The number of rotatable bonds is 7. The number of hydrogen-bond donors (Lipinski definition) is 1. The fourth-order valence-corrected chi connectivity index (χ4v) is 2.43. The van der Waals surface area contributed by atoms with Gasteiger partial charge in [-0.3, -0.25) is 0 Å². The smallest absolute Gasteiger partial charge is 0.245 e. The number of benzene rings is 2. The number of H-pyrrole nitrogens is 1. The monoisotopic (exact) mass is 420 g/mol. The number of halogens is 2. The summed E-state index contributed by atoms with van der Waals surface area (Å²) >= 11 is 9.44. The highest BCUT2D eigenvalue weighted by Gasteiger charge is 2.04. The van der Waals surface area contributed by atoms with Crippen molar-refractivity contribution in [2.75, 3.05) is 13.2 Å². The van der Waals surface area contributed by atoms with Crippen LogP contribution in [-0.4, -0.2) is 34.6 Å². The molecule has 0 spiro atoms. The third-order valence-corrected chi connectivity index (χ3v) is 3.89. The second kappa shape index (κ2) is 8.64. The molecule has 0 aliphatic carbocycles. The van der Waals surface area contributed by atoms with E-state index in [1.54, 1.807) is 24.4 Å². The molecule has 2 aromatic carbocycles. The lowest BCUT2D eigenvalue weighted by molar-refractivity contribution is 0.217. The van der Waals surface area contributed by atoms with E-state index in [0.717, 1.165) is 15.8 Å². The molecule has 0 saturated carbocycles. The third kappa shape index (κ3) is 5.30. The lowest BCUT2D eigenvalue weighted by Gasteiger charge is -2.10. The summed E-state index contributed by atoms with van der Waals surface area (Å²) in [6, 6.07) is 13.0.